The van der Waals surface area contributed by atoms with Gasteiger partial charge in [-0.3, -0.25) is 0 Å². The lowest BCUT2D eigenvalue weighted by Gasteiger charge is -2.30. The van der Waals surface area contributed by atoms with Crippen molar-refractivity contribution in [1.82, 2.24) is 9.97 Å². The van der Waals surface area contributed by atoms with Gasteiger partial charge in [0.15, 0.2) is 23.1 Å². The first-order valence-electron chi connectivity index (χ1n) is 9.07. The van der Waals surface area contributed by atoms with Gasteiger partial charge in [-0.2, -0.15) is 0 Å². The van der Waals surface area contributed by atoms with Crippen molar-refractivity contribution in [3.05, 3.63) is 33.7 Å². The number of rotatable bonds is 5. The van der Waals surface area contributed by atoms with Gasteiger partial charge < -0.3 is 20.5 Å². The number of hydrogen-bond acceptors (Lipinski definition) is 7. The van der Waals surface area contributed by atoms with Crippen LogP contribution < -0.4 is 15.8 Å². The third-order valence-electron chi connectivity index (χ3n) is 4.87. The highest BCUT2D eigenvalue weighted by Gasteiger charge is 2.27. The fraction of sp³-hybridized carbons (Fsp3) is 0.421. The average molecular weight is 443 g/mol. The third-order valence-corrected chi connectivity index (χ3v) is 5.52. The van der Waals surface area contributed by atoms with Crippen molar-refractivity contribution in [2.75, 3.05) is 19.5 Å². The molecule has 3 N–H and O–H groups in total. The van der Waals surface area contributed by atoms with Crippen LogP contribution in [0.4, 0.5) is 10.2 Å². The highest BCUT2D eigenvalue weighted by molar-refractivity contribution is 6.35. The fourth-order valence-corrected chi connectivity index (χ4v) is 3.74. The first-order valence-corrected chi connectivity index (χ1v) is 9.83. The van der Waals surface area contributed by atoms with Crippen molar-refractivity contribution >= 4 is 35.0 Å². The number of halogens is 3. The van der Waals surface area contributed by atoms with Gasteiger partial charge in [0.25, 0.3) is 0 Å². The molecule has 0 spiro atoms. The number of benzene rings is 1. The van der Waals surface area contributed by atoms with E-state index in [2.05, 4.69) is 15.3 Å². The molecule has 0 radical (unpaired) electrons. The number of hydrogen-bond donors (Lipinski definition) is 2. The highest BCUT2D eigenvalue weighted by atomic mass is 35.5. The van der Waals surface area contributed by atoms with Gasteiger partial charge >= 0.3 is 5.97 Å². The monoisotopic (exact) mass is 442 g/mol. The lowest BCUT2D eigenvalue weighted by atomic mass is 9.91. The minimum Gasteiger partial charge on any atom is -0.492 e. The molecule has 1 heterocycles. The molecule has 1 aliphatic rings. The highest BCUT2D eigenvalue weighted by Crippen LogP contribution is 2.36. The number of aromatic nitrogens is 2. The lowest BCUT2D eigenvalue weighted by molar-refractivity contribution is 0.0594. The quantitative estimate of drug-likeness (QED) is 0.673. The van der Waals surface area contributed by atoms with Crippen molar-refractivity contribution in [3.8, 4) is 17.1 Å². The predicted molar refractivity (Wildman–Crippen MR) is 109 cm³/mol. The van der Waals surface area contributed by atoms with E-state index in [1.807, 2.05) is 0 Å². The standard InChI is InChI=1S/C19H21Cl2FN4O3/c1-28-16-10(20)8-7-9(14(16)22)17-25-15(19(27)29-2)13(21)18(26-17)24-12-6-4-3-5-11(12)23/h7-8,11-12H,3-6,23H2,1-2H3,(H,24,25,26)/t11-,12-/m1/s1. The minimum absolute atomic E-state index is 0.00376. The van der Waals surface area contributed by atoms with Crippen LogP contribution in [0.1, 0.15) is 36.2 Å². The summed E-state index contributed by atoms with van der Waals surface area (Å²) in [6.45, 7) is 0. The van der Waals surface area contributed by atoms with Gasteiger partial charge in [0.05, 0.1) is 24.8 Å². The number of carbonyl (C=O) groups is 1. The molecule has 1 saturated carbocycles. The van der Waals surface area contributed by atoms with Crippen LogP contribution in [0.5, 0.6) is 5.75 Å². The Morgan fingerprint density at radius 2 is 1.97 bits per heavy atom. The first kappa shape index (κ1) is 21.5. The van der Waals surface area contributed by atoms with Gasteiger partial charge in [-0.1, -0.05) is 36.0 Å². The average Bonchev–Trinajstić information content (AvgIpc) is 2.71. The molecule has 0 aliphatic heterocycles. The van der Waals surface area contributed by atoms with Crippen molar-refractivity contribution in [3.63, 3.8) is 0 Å². The van der Waals surface area contributed by atoms with Crippen LogP contribution in [0.2, 0.25) is 10.0 Å². The molecule has 10 heteroatoms. The van der Waals surface area contributed by atoms with Gasteiger partial charge in [0.1, 0.15) is 10.8 Å². The molecule has 1 aromatic carbocycles. The zero-order valence-electron chi connectivity index (χ0n) is 16.0. The van der Waals surface area contributed by atoms with Crippen LogP contribution in [0.25, 0.3) is 11.4 Å². The van der Waals surface area contributed by atoms with Crippen molar-refractivity contribution in [2.45, 2.75) is 37.8 Å². The fourth-order valence-electron chi connectivity index (χ4n) is 3.30. The van der Waals surface area contributed by atoms with Crippen LogP contribution in [-0.4, -0.2) is 42.2 Å². The molecule has 0 unspecified atom stereocenters. The van der Waals surface area contributed by atoms with E-state index in [1.54, 1.807) is 0 Å². The first-order chi connectivity index (χ1) is 13.9. The summed E-state index contributed by atoms with van der Waals surface area (Å²) in [5, 5.41) is 3.28. The van der Waals surface area contributed by atoms with E-state index in [1.165, 1.54) is 26.4 Å². The van der Waals surface area contributed by atoms with Crippen LogP contribution in [-0.2, 0) is 4.74 Å². The molecule has 3 rings (SSSR count). The second kappa shape index (κ2) is 9.11. The van der Waals surface area contributed by atoms with Crippen LogP contribution >= 0.6 is 23.2 Å². The molecular formula is C19H21Cl2FN4O3. The molecule has 0 bridgehead atoms. The molecule has 1 aromatic heterocycles. The molecule has 7 nitrogen and oxygen atoms in total. The lowest BCUT2D eigenvalue weighted by Crippen LogP contribution is -2.42. The second-order valence-corrected chi connectivity index (χ2v) is 7.48. The van der Waals surface area contributed by atoms with Crippen molar-refractivity contribution in [2.24, 2.45) is 5.73 Å². The molecular weight excluding hydrogens is 422 g/mol. The van der Waals surface area contributed by atoms with Crippen LogP contribution in [0.3, 0.4) is 0 Å². The summed E-state index contributed by atoms with van der Waals surface area (Å²) >= 11 is 12.3. The Kier molecular flexibility index (Phi) is 6.77. The molecule has 0 saturated heterocycles. The van der Waals surface area contributed by atoms with E-state index in [9.17, 15) is 9.18 Å². The van der Waals surface area contributed by atoms with Gasteiger partial charge in [0, 0.05) is 12.1 Å². The number of carbonyl (C=O) groups excluding carboxylic acids is 1. The summed E-state index contributed by atoms with van der Waals surface area (Å²) < 4.78 is 24.7. The Morgan fingerprint density at radius 1 is 1.24 bits per heavy atom. The number of nitrogens with zero attached hydrogens (tertiary/aromatic N) is 2. The smallest absolute Gasteiger partial charge is 0.358 e. The summed E-state index contributed by atoms with van der Waals surface area (Å²) in [5.74, 6) is -1.54. The molecule has 29 heavy (non-hydrogen) atoms. The largest absolute Gasteiger partial charge is 0.492 e. The topological polar surface area (TPSA) is 99.4 Å². The van der Waals surface area contributed by atoms with E-state index < -0.39 is 11.8 Å². The molecule has 0 amide bonds. The molecule has 1 fully saturated rings. The molecule has 2 aromatic rings. The summed E-state index contributed by atoms with van der Waals surface area (Å²) in [6, 6.07) is 2.69. The number of esters is 1. The van der Waals surface area contributed by atoms with E-state index in [4.69, 9.17) is 38.4 Å². The SMILES string of the molecule is COC(=O)c1nc(-c2ccc(Cl)c(OC)c2F)nc(N[C@@H]2CCCC[C@H]2N)c1Cl. The predicted octanol–water partition coefficient (Wildman–Crippen LogP) is 4.07. The number of ether oxygens (including phenoxy) is 2. The summed E-state index contributed by atoms with van der Waals surface area (Å²) in [6.07, 6.45) is 3.74. The number of nitrogens with two attached hydrogens (primary N) is 1. The van der Waals surface area contributed by atoms with E-state index in [-0.39, 0.29) is 50.8 Å². The maximum Gasteiger partial charge on any atom is 0.358 e. The Balaban J connectivity index is 2.12. The zero-order valence-corrected chi connectivity index (χ0v) is 17.5. The van der Waals surface area contributed by atoms with Gasteiger partial charge in [-0.25, -0.2) is 19.2 Å². The Bertz CT molecular complexity index is 929. The third kappa shape index (κ3) is 4.39. The second-order valence-electron chi connectivity index (χ2n) is 6.69. The zero-order chi connectivity index (χ0) is 21.1. The van der Waals surface area contributed by atoms with E-state index >= 15 is 0 Å². The Hall–Kier alpha value is -2.16. The van der Waals surface area contributed by atoms with Gasteiger partial charge in [-0.15, -0.1) is 0 Å². The van der Waals surface area contributed by atoms with E-state index in [0.717, 1.165) is 25.7 Å². The minimum atomic E-state index is -0.768. The normalized spacial score (nSPS) is 19.0. The summed E-state index contributed by atoms with van der Waals surface area (Å²) in [7, 11) is 2.50. The van der Waals surface area contributed by atoms with Crippen molar-refractivity contribution in [1.29, 1.82) is 0 Å². The maximum absolute atomic E-state index is 14.9. The Morgan fingerprint density at radius 3 is 2.62 bits per heavy atom. The van der Waals surface area contributed by atoms with Gasteiger partial charge in [-0.05, 0) is 25.0 Å². The maximum atomic E-state index is 14.9. The number of methoxy groups -OCH3 is 2. The molecule has 2 atom stereocenters. The number of nitrogens with one attached hydrogen (secondary N) is 1. The van der Waals surface area contributed by atoms with Gasteiger partial charge in [0.2, 0.25) is 0 Å². The van der Waals surface area contributed by atoms with Crippen LogP contribution in [0, 0.1) is 5.82 Å². The van der Waals surface area contributed by atoms with Crippen LogP contribution in [0.15, 0.2) is 12.1 Å². The summed E-state index contributed by atoms with van der Waals surface area (Å²) in [5.41, 5.74) is 6.02. The van der Waals surface area contributed by atoms with E-state index in [0.29, 0.717) is 0 Å². The Labute approximate surface area is 177 Å². The van der Waals surface area contributed by atoms with Crippen molar-refractivity contribution < 1.29 is 18.7 Å². The molecule has 1 aliphatic carbocycles. The number of anilines is 1. The summed E-state index contributed by atoms with van der Waals surface area (Å²) in [4.78, 5) is 20.7. The molecule has 156 valence electrons.